The van der Waals surface area contributed by atoms with Crippen molar-refractivity contribution in [3.63, 3.8) is 0 Å². The summed E-state index contributed by atoms with van der Waals surface area (Å²) in [5.74, 6) is -0.699. The molecule has 5 nitrogen and oxygen atoms in total. The van der Waals surface area contributed by atoms with Crippen molar-refractivity contribution in [2.45, 2.75) is 33.1 Å². The first-order valence-electron chi connectivity index (χ1n) is 7.01. The van der Waals surface area contributed by atoms with Crippen LogP contribution >= 0.6 is 0 Å². The third-order valence-corrected chi connectivity index (χ3v) is 3.88. The molecule has 0 aliphatic heterocycles. The Kier molecular flexibility index (Phi) is 6.14. The van der Waals surface area contributed by atoms with Crippen molar-refractivity contribution in [3.8, 4) is 0 Å². The molecule has 0 fully saturated rings. The van der Waals surface area contributed by atoms with E-state index in [2.05, 4.69) is 10.5 Å². The second-order valence-corrected chi connectivity index (χ2v) is 4.87. The summed E-state index contributed by atoms with van der Waals surface area (Å²) in [7, 11) is 0. The van der Waals surface area contributed by atoms with E-state index in [1.54, 1.807) is 32.0 Å². The molecule has 4 N–H and O–H groups in total. The summed E-state index contributed by atoms with van der Waals surface area (Å²) in [4.78, 5) is 12.3. The highest BCUT2D eigenvalue weighted by Crippen LogP contribution is 2.27. The van der Waals surface area contributed by atoms with E-state index in [9.17, 15) is 9.18 Å². The fourth-order valence-electron chi connectivity index (χ4n) is 2.33. The SMILES string of the molecule is CCC(CC)(C(=O)NCCc1ccccc1F)C(N)=NO. The van der Waals surface area contributed by atoms with Gasteiger partial charge in [-0.15, -0.1) is 0 Å². The van der Waals surface area contributed by atoms with Crippen molar-refractivity contribution in [2.24, 2.45) is 16.3 Å². The summed E-state index contributed by atoms with van der Waals surface area (Å²) in [5, 5.41) is 14.6. The maximum absolute atomic E-state index is 13.5. The largest absolute Gasteiger partial charge is 0.409 e. The smallest absolute Gasteiger partial charge is 0.233 e. The van der Waals surface area contributed by atoms with E-state index in [0.717, 1.165) is 0 Å². The number of amidine groups is 1. The number of nitrogens with two attached hydrogens (primary N) is 1. The number of oxime groups is 1. The number of amides is 1. The third-order valence-electron chi connectivity index (χ3n) is 3.88. The topological polar surface area (TPSA) is 87.7 Å². The zero-order valence-corrected chi connectivity index (χ0v) is 12.4. The molecule has 1 aromatic rings. The van der Waals surface area contributed by atoms with Gasteiger partial charge in [-0.2, -0.15) is 0 Å². The second-order valence-electron chi connectivity index (χ2n) is 4.87. The van der Waals surface area contributed by atoms with Crippen LogP contribution < -0.4 is 11.1 Å². The van der Waals surface area contributed by atoms with Crippen LogP contribution in [0.5, 0.6) is 0 Å². The minimum atomic E-state index is -1.02. The number of carbonyl (C=O) groups excluding carboxylic acids is 1. The first-order valence-corrected chi connectivity index (χ1v) is 7.01. The van der Waals surface area contributed by atoms with Gasteiger partial charge in [-0.3, -0.25) is 4.79 Å². The van der Waals surface area contributed by atoms with Crippen molar-refractivity contribution in [1.29, 1.82) is 0 Å². The van der Waals surface area contributed by atoms with Gasteiger partial charge in [-0.25, -0.2) is 4.39 Å². The molecule has 6 heteroatoms. The molecule has 0 radical (unpaired) electrons. The van der Waals surface area contributed by atoms with Gasteiger partial charge in [0.05, 0.1) is 0 Å². The first kappa shape index (κ1) is 16.9. The van der Waals surface area contributed by atoms with Crippen molar-refractivity contribution in [3.05, 3.63) is 35.6 Å². The molecule has 116 valence electrons. The molecule has 0 saturated heterocycles. The number of carbonyl (C=O) groups is 1. The van der Waals surface area contributed by atoms with Crippen molar-refractivity contribution in [2.75, 3.05) is 6.54 Å². The first-order chi connectivity index (χ1) is 10.0. The number of benzene rings is 1. The maximum atomic E-state index is 13.5. The van der Waals surface area contributed by atoms with Crippen LogP contribution in [0.15, 0.2) is 29.4 Å². The zero-order chi connectivity index (χ0) is 15.9. The van der Waals surface area contributed by atoms with Crippen LogP contribution in [0.25, 0.3) is 0 Å². The van der Waals surface area contributed by atoms with Gasteiger partial charge in [0.1, 0.15) is 11.2 Å². The second kappa shape index (κ2) is 7.61. The highest BCUT2D eigenvalue weighted by molar-refractivity contribution is 6.06. The lowest BCUT2D eigenvalue weighted by Crippen LogP contribution is -2.49. The van der Waals surface area contributed by atoms with Gasteiger partial charge in [0.25, 0.3) is 0 Å². The maximum Gasteiger partial charge on any atom is 0.233 e. The molecule has 0 heterocycles. The molecule has 0 spiro atoms. The van der Waals surface area contributed by atoms with Gasteiger partial charge < -0.3 is 16.3 Å². The lowest BCUT2D eigenvalue weighted by molar-refractivity contribution is -0.127. The van der Waals surface area contributed by atoms with Crippen LogP contribution in [0.1, 0.15) is 32.3 Å². The Morgan fingerprint density at radius 2 is 2.00 bits per heavy atom. The fourth-order valence-corrected chi connectivity index (χ4v) is 2.33. The molecular weight excluding hydrogens is 273 g/mol. The lowest BCUT2D eigenvalue weighted by Gasteiger charge is -2.28. The Bertz CT molecular complexity index is 513. The number of nitrogens with zero attached hydrogens (tertiary/aromatic N) is 1. The summed E-state index contributed by atoms with van der Waals surface area (Å²) in [6.07, 6.45) is 1.23. The normalized spacial score (nSPS) is 12.2. The van der Waals surface area contributed by atoms with Gasteiger partial charge in [0.2, 0.25) is 5.91 Å². The predicted molar refractivity (Wildman–Crippen MR) is 79.5 cm³/mol. The molecule has 21 heavy (non-hydrogen) atoms. The number of nitrogens with one attached hydrogen (secondary N) is 1. The Hall–Kier alpha value is -2.11. The van der Waals surface area contributed by atoms with Crippen LogP contribution in [0.4, 0.5) is 4.39 Å². The van der Waals surface area contributed by atoms with Crippen molar-refractivity contribution in [1.82, 2.24) is 5.32 Å². The van der Waals surface area contributed by atoms with Gasteiger partial charge in [-0.05, 0) is 30.9 Å². The molecular formula is C15H22FN3O2. The summed E-state index contributed by atoms with van der Waals surface area (Å²) >= 11 is 0. The number of hydrogen-bond donors (Lipinski definition) is 3. The highest BCUT2D eigenvalue weighted by Gasteiger charge is 2.39. The monoisotopic (exact) mass is 295 g/mol. The average molecular weight is 295 g/mol. The van der Waals surface area contributed by atoms with Gasteiger partial charge in [-0.1, -0.05) is 37.2 Å². The van der Waals surface area contributed by atoms with E-state index in [0.29, 0.717) is 31.4 Å². The summed E-state index contributed by atoms with van der Waals surface area (Å²) in [6.45, 7) is 3.90. The molecule has 1 amide bonds. The Balaban J connectivity index is 2.70. The van der Waals surface area contributed by atoms with Crippen LogP contribution in [0.3, 0.4) is 0 Å². The molecule has 0 unspecified atom stereocenters. The summed E-state index contributed by atoms with van der Waals surface area (Å²) < 4.78 is 13.5. The quantitative estimate of drug-likeness (QED) is 0.311. The summed E-state index contributed by atoms with van der Waals surface area (Å²) in [5.41, 5.74) is 5.18. The molecule has 1 aromatic carbocycles. The number of hydrogen-bond acceptors (Lipinski definition) is 3. The molecule has 0 atom stereocenters. The van der Waals surface area contributed by atoms with Crippen LogP contribution in [0.2, 0.25) is 0 Å². The minimum absolute atomic E-state index is 0.101. The Morgan fingerprint density at radius 1 is 1.38 bits per heavy atom. The van der Waals surface area contributed by atoms with Crippen LogP contribution in [-0.4, -0.2) is 23.5 Å². The van der Waals surface area contributed by atoms with Crippen LogP contribution in [0, 0.1) is 11.2 Å². The average Bonchev–Trinajstić information content (AvgIpc) is 2.50. The van der Waals surface area contributed by atoms with Gasteiger partial charge in [0, 0.05) is 6.54 Å². The zero-order valence-electron chi connectivity index (χ0n) is 12.4. The minimum Gasteiger partial charge on any atom is -0.409 e. The van der Waals surface area contributed by atoms with E-state index >= 15 is 0 Å². The molecule has 0 bridgehead atoms. The summed E-state index contributed by atoms with van der Waals surface area (Å²) in [6, 6.07) is 6.43. The van der Waals surface area contributed by atoms with Gasteiger partial charge >= 0.3 is 0 Å². The predicted octanol–water partition coefficient (Wildman–Crippen LogP) is 2.04. The van der Waals surface area contributed by atoms with E-state index in [4.69, 9.17) is 10.9 Å². The molecule has 0 aliphatic carbocycles. The van der Waals surface area contributed by atoms with E-state index < -0.39 is 5.41 Å². The van der Waals surface area contributed by atoms with Crippen LogP contribution in [-0.2, 0) is 11.2 Å². The lowest BCUT2D eigenvalue weighted by atomic mass is 9.80. The molecule has 1 rings (SSSR count). The fraction of sp³-hybridized carbons (Fsp3) is 0.467. The van der Waals surface area contributed by atoms with Crippen molar-refractivity contribution < 1.29 is 14.4 Å². The Labute approximate surface area is 124 Å². The van der Waals surface area contributed by atoms with E-state index in [1.807, 2.05) is 0 Å². The molecule has 0 aromatic heterocycles. The van der Waals surface area contributed by atoms with Crippen molar-refractivity contribution >= 4 is 11.7 Å². The standard InChI is InChI=1S/C15H22FN3O2/c1-3-15(4-2,13(17)19-21)14(20)18-10-9-11-7-5-6-8-12(11)16/h5-8,21H,3-4,9-10H2,1-2H3,(H2,17,19)(H,18,20). The number of halogens is 1. The molecule has 0 saturated carbocycles. The van der Waals surface area contributed by atoms with Gasteiger partial charge in [0.15, 0.2) is 5.84 Å². The highest BCUT2D eigenvalue weighted by atomic mass is 19.1. The van der Waals surface area contributed by atoms with E-state index in [1.165, 1.54) is 6.07 Å². The third kappa shape index (κ3) is 3.71. The number of rotatable bonds is 7. The Morgan fingerprint density at radius 3 is 2.52 bits per heavy atom. The van der Waals surface area contributed by atoms with E-state index in [-0.39, 0.29) is 17.6 Å². The molecule has 0 aliphatic rings.